The van der Waals surface area contributed by atoms with Crippen LogP contribution < -0.4 is 10.9 Å². The van der Waals surface area contributed by atoms with Crippen molar-refractivity contribution in [3.63, 3.8) is 0 Å². The number of aromatic nitrogens is 2. The van der Waals surface area contributed by atoms with Crippen LogP contribution in [0.3, 0.4) is 0 Å². The maximum Gasteiger partial charge on any atom is 0.376 e. The van der Waals surface area contributed by atoms with E-state index in [1.807, 2.05) is 0 Å². The second-order valence-electron chi connectivity index (χ2n) is 5.24. The average molecular weight is 317 g/mol. The van der Waals surface area contributed by atoms with Crippen LogP contribution in [-0.2, 0) is 4.79 Å². The molecule has 23 heavy (non-hydrogen) atoms. The highest BCUT2D eigenvalue weighted by atomic mass is 16.6. The highest BCUT2D eigenvalue weighted by Gasteiger charge is 2.25. The first-order valence-corrected chi connectivity index (χ1v) is 7.25. The van der Waals surface area contributed by atoms with Gasteiger partial charge in [0.2, 0.25) is 11.7 Å². The van der Waals surface area contributed by atoms with Crippen LogP contribution in [0, 0.1) is 10.1 Å². The van der Waals surface area contributed by atoms with E-state index in [-0.39, 0.29) is 23.9 Å². The lowest BCUT2D eigenvalue weighted by atomic mass is 10.4. The molecule has 0 bridgehead atoms. The van der Waals surface area contributed by atoms with Gasteiger partial charge in [0.15, 0.2) is 0 Å². The zero-order valence-corrected chi connectivity index (χ0v) is 12.3. The molecule has 1 amide bonds. The highest BCUT2D eigenvalue weighted by molar-refractivity contribution is 5.81. The summed E-state index contributed by atoms with van der Waals surface area (Å²) in [6.45, 7) is 1.25. The van der Waals surface area contributed by atoms with Gasteiger partial charge in [0.1, 0.15) is 5.65 Å². The molecule has 3 rings (SSSR count). The molecule has 2 aromatic heterocycles. The van der Waals surface area contributed by atoms with Crippen LogP contribution in [0.4, 0.5) is 11.5 Å². The number of hydrogen-bond donors (Lipinski definition) is 1. The Morgan fingerprint density at radius 2 is 2.09 bits per heavy atom. The van der Waals surface area contributed by atoms with Gasteiger partial charge in [-0.3, -0.25) is 24.1 Å². The Balaban J connectivity index is 1.92. The molecular formula is C14H15N5O4. The van der Waals surface area contributed by atoms with Crippen molar-refractivity contribution in [2.24, 2.45) is 0 Å². The second-order valence-corrected chi connectivity index (χ2v) is 5.24. The van der Waals surface area contributed by atoms with Gasteiger partial charge in [0.25, 0.3) is 0 Å². The SMILES string of the molecule is O=C(CNc1nc2ccccn2c(=O)c1[N+](=O)[O-])N1CCCC1. The number of likely N-dealkylation sites (tertiary alicyclic amines) is 1. The number of anilines is 1. The molecule has 0 aromatic carbocycles. The molecule has 0 unspecified atom stereocenters. The molecule has 0 aliphatic carbocycles. The molecule has 0 saturated carbocycles. The Kier molecular flexibility index (Phi) is 3.92. The predicted octanol–water partition coefficient (Wildman–Crippen LogP) is 0.637. The summed E-state index contributed by atoms with van der Waals surface area (Å²) in [5, 5.41) is 13.9. The summed E-state index contributed by atoms with van der Waals surface area (Å²) in [4.78, 5) is 40.5. The third kappa shape index (κ3) is 2.85. The Morgan fingerprint density at radius 1 is 1.35 bits per heavy atom. The largest absolute Gasteiger partial charge is 0.376 e. The Labute approximate surface area is 130 Å². The average Bonchev–Trinajstić information content (AvgIpc) is 3.07. The molecule has 1 aliphatic rings. The lowest BCUT2D eigenvalue weighted by Gasteiger charge is -2.15. The van der Waals surface area contributed by atoms with E-state index in [4.69, 9.17) is 0 Å². The number of carbonyl (C=O) groups is 1. The summed E-state index contributed by atoms with van der Waals surface area (Å²) < 4.78 is 1.10. The highest BCUT2D eigenvalue weighted by Crippen LogP contribution is 2.18. The quantitative estimate of drug-likeness (QED) is 0.654. The first-order valence-electron chi connectivity index (χ1n) is 7.25. The molecule has 9 nitrogen and oxygen atoms in total. The van der Waals surface area contributed by atoms with Crippen LogP contribution in [-0.4, -0.2) is 44.7 Å². The van der Waals surface area contributed by atoms with Gasteiger partial charge < -0.3 is 10.2 Å². The standard InChI is InChI=1S/C14H15N5O4/c20-11(17-6-3-4-7-17)9-15-13-12(19(22)23)14(21)18-8-2-1-5-10(18)16-13/h1-2,5,8,15H,3-4,6-7,9H2. The summed E-state index contributed by atoms with van der Waals surface area (Å²) in [6.07, 6.45) is 3.33. The van der Waals surface area contributed by atoms with Crippen molar-refractivity contribution >= 4 is 23.1 Å². The fraction of sp³-hybridized carbons (Fsp3) is 0.357. The first-order chi connectivity index (χ1) is 11.1. The van der Waals surface area contributed by atoms with Gasteiger partial charge in [0, 0.05) is 19.3 Å². The molecule has 0 spiro atoms. The molecule has 9 heteroatoms. The Bertz CT molecular complexity index is 826. The molecule has 120 valence electrons. The number of rotatable bonds is 4. The summed E-state index contributed by atoms with van der Waals surface area (Å²) in [5.41, 5.74) is -1.17. The van der Waals surface area contributed by atoms with E-state index >= 15 is 0 Å². The third-order valence-corrected chi connectivity index (χ3v) is 3.76. The Hall–Kier alpha value is -2.97. The topological polar surface area (TPSA) is 110 Å². The van der Waals surface area contributed by atoms with Crippen molar-refractivity contribution in [3.05, 3.63) is 44.9 Å². The first kappa shape index (κ1) is 14.9. The maximum absolute atomic E-state index is 12.2. The van der Waals surface area contributed by atoms with E-state index in [2.05, 4.69) is 10.3 Å². The van der Waals surface area contributed by atoms with E-state index in [1.54, 1.807) is 23.1 Å². The van der Waals surface area contributed by atoms with Crippen LogP contribution in [0.25, 0.3) is 5.65 Å². The second kappa shape index (κ2) is 6.03. The van der Waals surface area contributed by atoms with E-state index in [9.17, 15) is 19.7 Å². The number of nitrogens with zero attached hydrogens (tertiary/aromatic N) is 4. The third-order valence-electron chi connectivity index (χ3n) is 3.76. The number of carbonyl (C=O) groups excluding carboxylic acids is 1. The van der Waals surface area contributed by atoms with Gasteiger partial charge in [0.05, 0.1) is 11.5 Å². The van der Waals surface area contributed by atoms with Crippen LogP contribution in [0.5, 0.6) is 0 Å². The van der Waals surface area contributed by atoms with Gasteiger partial charge >= 0.3 is 11.2 Å². The van der Waals surface area contributed by atoms with Crippen LogP contribution >= 0.6 is 0 Å². The summed E-state index contributed by atoms with van der Waals surface area (Å²) >= 11 is 0. The molecule has 0 radical (unpaired) electrons. The molecule has 1 aliphatic heterocycles. The molecule has 1 N–H and O–H groups in total. The molecule has 0 atom stereocenters. The maximum atomic E-state index is 12.2. The van der Waals surface area contributed by atoms with Crippen molar-refractivity contribution < 1.29 is 9.72 Å². The number of nitrogens with one attached hydrogen (secondary N) is 1. The number of nitro groups is 1. The summed E-state index contributed by atoms with van der Waals surface area (Å²) in [6, 6.07) is 4.83. The smallest absolute Gasteiger partial charge is 0.355 e. The van der Waals surface area contributed by atoms with Crippen LogP contribution in [0.1, 0.15) is 12.8 Å². The fourth-order valence-electron chi connectivity index (χ4n) is 2.61. The summed E-state index contributed by atoms with van der Waals surface area (Å²) in [7, 11) is 0. The number of amides is 1. The molecular weight excluding hydrogens is 302 g/mol. The van der Waals surface area contributed by atoms with Crippen molar-refractivity contribution in [1.29, 1.82) is 0 Å². The Morgan fingerprint density at radius 3 is 2.78 bits per heavy atom. The molecule has 3 heterocycles. The van der Waals surface area contributed by atoms with Crippen LogP contribution in [0.2, 0.25) is 0 Å². The fourth-order valence-corrected chi connectivity index (χ4v) is 2.61. The van der Waals surface area contributed by atoms with E-state index < -0.39 is 16.2 Å². The summed E-state index contributed by atoms with van der Waals surface area (Å²) in [5.74, 6) is -0.342. The lowest BCUT2D eigenvalue weighted by molar-refractivity contribution is -0.385. The monoisotopic (exact) mass is 317 g/mol. The van der Waals surface area contributed by atoms with E-state index in [0.29, 0.717) is 13.1 Å². The van der Waals surface area contributed by atoms with Crippen LogP contribution in [0.15, 0.2) is 29.2 Å². The van der Waals surface area contributed by atoms with Gasteiger partial charge in [-0.25, -0.2) is 4.98 Å². The normalized spacial score (nSPS) is 14.2. The van der Waals surface area contributed by atoms with Gasteiger partial charge in [-0.15, -0.1) is 0 Å². The predicted molar refractivity (Wildman–Crippen MR) is 82.4 cm³/mol. The van der Waals surface area contributed by atoms with Crippen molar-refractivity contribution in [2.45, 2.75) is 12.8 Å². The lowest BCUT2D eigenvalue weighted by Crippen LogP contribution is -2.33. The van der Waals surface area contributed by atoms with Crippen molar-refractivity contribution in [1.82, 2.24) is 14.3 Å². The number of fused-ring (bicyclic) bond motifs is 1. The van der Waals surface area contributed by atoms with Crippen molar-refractivity contribution in [2.75, 3.05) is 25.0 Å². The minimum atomic E-state index is -0.781. The molecule has 2 aromatic rings. The molecule has 1 fully saturated rings. The molecule has 1 saturated heterocycles. The minimum Gasteiger partial charge on any atom is -0.355 e. The van der Waals surface area contributed by atoms with E-state index in [0.717, 1.165) is 17.2 Å². The zero-order valence-electron chi connectivity index (χ0n) is 12.3. The van der Waals surface area contributed by atoms with Gasteiger partial charge in [-0.2, -0.15) is 0 Å². The van der Waals surface area contributed by atoms with Gasteiger partial charge in [-0.05, 0) is 25.0 Å². The number of pyridine rings is 1. The van der Waals surface area contributed by atoms with E-state index in [1.165, 1.54) is 6.20 Å². The van der Waals surface area contributed by atoms with Gasteiger partial charge in [-0.1, -0.05) is 6.07 Å². The zero-order chi connectivity index (χ0) is 16.4. The minimum absolute atomic E-state index is 0.129. The van der Waals surface area contributed by atoms with Crippen molar-refractivity contribution in [3.8, 4) is 0 Å². The number of hydrogen-bond acceptors (Lipinski definition) is 6.